The second-order valence-corrected chi connectivity index (χ2v) is 4.20. The summed E-state index contributed by atoms with van der Waals surface area (Å²) in [6, 6.07) is 0.165. The van der Waals surface area contributed by atoms with Crippen LogP contribution in [0, 0.1) is 3.70 Å². The van der Waals surface area contributed by atoms with Crippen molar-refractivity contribution in [2.75, 3.05) is 13.2 Å². The molecule has 76 valence electrons. The van der Waals surface area contributed by atoms with E-state index >= 15 is 0 Å². The van der Waals surface area contributed by atoms with Crippen LogP contribution in [-0.4, -0.2) is 34.9 Å². The van der Waals surface area contributed by atoms with E-state index in [0.717, 1.165) is 3.70 Å². The van der Waals surface area contributed by atoms with Crippen molar-refractivity contribution >= 4 is 28.5 Å². The molecule has 1 aliphatic rings. The third-order valence-corrected chi connectivity index (χ3v) is 3.36. The molecule has 1 aromatic heterocycles. The van der Waals surface area contributed by atoms with Crippen LogP contribution < -0.4 is 5.32 Å². The van der Waals surface area contributed by atoms with Crippen LogP contribution >= 0.6 is 22.6 Å². The highest BCUT2D eigenvalue weighted by molar-refractivity contribution is 14.1. The van der Waals surface area contributed by atoms with Gasteiger partial charge in [-0.25, -0.2) is 0 Å². The Morgan fingerprint density at radius 1 is 1.79 bits per heavy atom. The summed E-state index contributed by atoms with van der Waals surface area (Å²) < 4.78 is 7.49. The van der Waals surface area contributed by atoms with E-state index in [2.05, 4.69) is 33.0 Å². The normalized spacial score (nSPS) is 16.4. The van der Waals surface area contributed by atoms with Crippen LogP contribution in [0.3, 0.4) is 0 Å². The number of amides is 1. The minimum atomic E-state index is -0.0733. The van der Waals surface area contributed by atoms with Crippen LogP contribution in [0.25, 0.3) is 0 Å². The Morgan fingerprint density at radius 2 is 2.50 bits per heavy atom. The lowest BCUT2D eigenvalue weighted by atomic mass is 10.2. The van der Waals surface area contributed by atoms with Gasteiger partial charge in [0.05, 0.1) is 31.0 Å². The molecule has 2 heterocycles. The monoisotopic (exact) mass is 307 g/mol. The van der Waals surface area contributed by atoms with E-state index in [1.165, 1.54) is 0 Å². The molecule has 1 saturated heterocycles. The number of nitrogens with zero attached hydrogens (tertiary/aromatic N) is 2. The second-order valence-electron chi connectivity index (χ2n) is 3.18. The standard InChI is InChI=1S/C8H10IN3O2/c1-12-7(9)6(2-10-12)8(13)11-5-3-14-4-5/h2,5H,3-4H2,1H3,(H,11,13). The zero-order valence-corrected chi connectivity index (χ0v) is 9.82. The van der Waals surface area contributed by atoms with E-state index in [0.29, 0.717) is 18.8 Å². The molecule has 0 radical (unpaired) electrons. The van der Waals surface area contributed by atoms with Crippen LogP contribution in [-0.2, 0) is 11.8 Å². The number of nitrogens with one attached hydrogen (secondary N) is 1. The molecule has 6 heteroatoms. The van der Waals surface area contributed by atoms with Crippen molar-refractivity contribution in [2.45, 2.75) is 6.04 Å². The van der Waals surface area contributed by atoms with Crippen LogP contribution in [0.2, 0.25) is 0 Å². The van der Waals surface area contributed by atoms with Crippen molar-refractivity contribution in [1.29, 1.82) is 0 Å². The van der Waals surface area contributed by atoms with Gasteiger partial charge in [-0.3, -0.25) is 9.48 Å². The molecule has 1 fully saturated rings. The lowest BCUT2D eigenvalue weighted by Crippen LogP contribution is -2.48. The first-order valence-corrected chi connectivity index (χ1v) is 5.32. The van der Waals surface area contributed by atoms with Crippen molar-refractivity contribution in [1.82, 2.24) is 15.1 Å². The van der Waals surface area contributed by atoms with E-state index in [1.807, 2.05) is 7.05 Å². The number of aryl methyl sites for hydroxylation is 1. The Bertz CT molecular complexity index is 359. The Balaban J connectivity index is 2.06. The van der Waals surface area contributed by atoms with Crippen molar-refractivity contribution < 1.29 is 9.53 Å². The van der Waals surface area contributed by atoms with Crippen molar-refractivity contribution in [3.05, 3.63) is 15.5 Å². The first-order valence-electron chi connectivity index (χ1n) is 4.24. The number of ether oxygens (including phenoxy) is 1. The highest BCUT2D eigenvalue weighted by atomic mass is 127. The maximum Gasteiger partial charge on any atom is 0.255 e. The van der Waals surface area contributed by atoms with Gasteiger partial charge in [0.1, 0.15) is 3.70 Å². The van der Waals surface area contributed by atoms with Crippen molar-refractivity contribution in [2.24, 2.45) is 7.05 Å². The average Bonchev–Trinajstić information content (AvgIpc) is 2.41. The smallest absolute Gasteiger partial charge is 0.255 e. The topological polar surface area (TPSA) is 56.2 Å². The van der Waals surface area contributed by atoms with Crippen LogP contribution in [0.5, 0.6) is 0 Å². The van der Waals surface area contributed by atoms with Gasteiger partial charge in [0.15, 0.2) is 0 Å². The maximum absolute atomic E-state index is 11.7. The van der Waals surface area contributed by atoms with E-state index in [9.17, 15) is 4.79 Å². The lowest BCUT2D eigenvalue weighted by Gasteiger charge is -2.26. The molecule has 1 N–H and O–H groups in total. The van der Waals surface area contributed by atoms with Crippen molar-refractivity contribution in [3.63, 3.8) is 0 Å². The number of aromatic nitrogens is 2. The summed E-state index contributed by atoms with van der Waals surface area (Å²) in [6.45, 7) is 1.23. The first kappa shape index (κ1) is 9.91. The van der Waals surface area contributed by atoms with E-state index < -0.39 is 0 Å². The predicted octanol–water partition coefficient (Wildman–Crippen LogP) is 0.153. The molecule has 2 rings (SSSR count). The SMILES string of the molecule is Cn1ncc(C(=O)NC2COC2)c1I. The fourth-order valence-electron chi connectivity index (χ4n) is 1.16. The zero-order valence-electron chi connectivity index (χ0n) is 7.66. The summed E-state index contributed by atoms with van der Waals surface area (Å²) in [5.41, 5.74) is 0.625. The van der Waals surface area contributed by atoms with Crippen LogP contribution in [0.1, 0.15) is 10.4 Å². The van der Waals surface area contributed by atoms with Crippen LogP contribution in [0.15, 0.2) is 6.20 Å². The van der Waals surface area contributed by atoms with Gasteiger partial charge in [-0.05, 0) is 22.6 Å². The quantitative estimate of drug-likeness (QED) is 0.792. The summed E-state index contributed by atoms with van der Waals surface area (Å²) in [7, 11) is 1.81. The summed E-state index contributed by atoms with van der Waals surface area (Å²) in [5.74, 6) is -0.0733. The molecule has 1 aromatic rings. The fraction of sp³-hybridized carbons (Fsp3) is 0.500. The third-order valence-electron chi connectivity index (χ3n) is 2.08. The minimum Gasteiger partial charge on any atom is -0.377 e. The molecular formula is C8H10IN3O2. The number of halogens is 1. The van der Waals surface area contributed by atoms with E-state index in [-0.39, 0.29) is 11.9 Å². The Kier molecular flexibility index (Phi) is 2.73. The molecule has 1 aliphatic heterocycles. The summed E-state index contributed by atoms with van der Waals surface area (Å²) in [5, 5.41) is 6.87. The second kappa shape index (κ2) is 3.85. The first-order chi connectivity index (χ1) is 6.68. The predicted molar refractivity (Wildman–Crippen MR) is 58.0 cm³/mol. The molecular weight excluding hydrogens is 297 g/mol. The molecule has 0 atom stereocenters. The summed E-state index contributed by atoms with van der Waals surface area (Å²) >= 11 is 2.10. The largest absolute Gasteiger partial charge is 0.377 e. The summed E-state index contributed by atoms with van der Waals surface area (Å²) in [6.07, 6.45) is 1.58. The Hall–Kier alpha value is -0.630. The molecule has 0 saturated carbocycles. The Labute approximate surface area is 94.9 Å². The molecule has 0 spiro atoms. The van der Waals surface area contributed by atoms with Gasteiger partial charge < -0.3 is 10.1 Å². The van der Waals surface area contributed by atoms with Gasteiger partial charge in [0.25, 0.3) is 5.91 Å². The minimum absolute atomic E-state index is 0.0733. The summed E-state index contributed by atoms with van der Waals surface area (Å²) in [4.78, 5) is 11.7. The van der Waals surface area contributed by atoms with E-state index in [1.54, 1.807) is 10.9 Å². The average molecular weight is 307 g/mol. The number of rotatable bonds is 2. The third kappa shape index (κ3) is 1.76. The van der Waals surface area contributed by atoms with Gasteiger partial charge in [-0.1, -0.05) is 0 Å². The molecule has 5 nitrogen and oxygen atoms in total. The number of carbonyl (C=O) groups excluding carboxylic acids is 1. The molecule has 1 amide bonds. The zero-order chi connectivity index (χ0) is 10.1. The van der Waals surface area contributed by atoms with Gasteiger partial charge in [0, 0.05) is 7.05 Å². The number of hydrogen-bond acceptors (Lipinski definition) is 3. The van der Waals surface area contributed by atoms with E-state index in [4.69, 9.17) is 4.74 Å². The lowest BCUT2D eigenvalue weighted by molar-refractivity contribution is -0.00348. The number of hydrogen-bond donors (Lipinski definition) is 1. The molecule has 14 heavy (non-hydrogen) atoms. The number of carbonyl (C=O) groups is 1. The Morgan fingerprint density at radius 3 is 2.93 bits per heavy atom. The van der Waals surface area contributed by atoms with Gasteiger partial charge >= 0.3 is 0 Å². The molecule has 0 aliphatic carbocycles. The fourth-order valence-corrected chi connectivity index (χ4v) is 1.67. The van der Waals surface area contributed by atoms with Gasteiger partial charge in [-0.2, -0.15) is 5.10 Å². The maximum atomic E-state index is 11.7. The van der Waals surface area contributed by atoms with Gasteiger partial charge in [0.2, 0.25) is 0 Å². The van der Waals surface area contributed by atoms with Crippen LogP contribution in [0.4, 0.5) is 0 Å². The molecule has 0 bridgehead atoms. The van der Waals surface area contributed by atoms with Crippen molar-refractivity contribution in [3.8, 4) is 0 Å². The molecule has 0 aromatic carbocycles. The highest BCUT2D eigenvalue weighted by Gasteiger charge is 2.23. The van der Waals surface area contributed by atoms with Gasteiger partial charge in [-0.15, -0.1) is 0 Å². The molecule has 0 unspecified atom stereocenters. The highest BCUT2D eigenvalue weighted by Crippen LogP contribution is 2.11.